The molecule has 0 amide bonds. The second-order valence-corrected chi connectivity index (χ2v) is 6.18. The largest absolute Gasteiger partial charge is 0.458 e. The van der Waals surface area contributed by atoms with Crippen LogP contribution >= 0.6 is 12.2 Å². The molecule has 1 aliphatic carbocycles. The highest BCUT2D eigenvalue weighted by molar-refractivity contribution is 7.80. The topological polar surface area (TPSA) is 50.1 Å². The zero-order valence-electron chi connectivity index (χ0n) is 12.7. The third-order valence-corrected chi connectivity index (χ3v) is 4.23. The molecule has 0 aliphatic heterocycles. The van der Waals surface area contributed by atoms with Crippen molar-refractivity contribution < 1.29 is 22.0 Å². The van der Waals surface area contributed by atoms with Crippen LogP contribution in [0.25, 0.3) is 0 Å². The zero-order chi connectivity index (χ0) is 18.0. The molecule has 1 fully saturated rings. The number of nitrogens with two attached hydrogens (primary N) is 1. The average molecular weight is 367 g/mol. The molecule has 1 aliphatic rings. The van der Waals surface area contributed by atoms with E-state index in [2.05, 4.69) is 10.6 Å². The Kier molecular flexibility index (Phi) is 5.64. The summed E-state index contributed by atoms with van der Waals surface area (Å²) in [7, 11) is 0. The van der Waals surface area contributed by atoms with Crippen molar-refractivity contribution >= 4 is 23.0 Å². The number of hydrogen-bond donors (Lipinski definition) is 3. The molecular formula is C15H18F5N3S. The lowest BCUT2D eigenvalue weighted by atomic mass is 9.91. The lowest BCUT2D eigenvalue weighted by Gasteiger charge is -2.30. The molecule has 3 nitrogen and oxygen atoms in total. The monoisotopic (exact) mass is 367 g/mol. The van der Waals surface area contributed by atoms with Crippen molar-refractivity contribution in [3.8, 4) is 0 Å². The highest BCUT2D eigenvalue weighted by Gasteiger charge is 2.59. The molecule has 0 bridgehead atoms. The maximum atomic E-state index is 13.6. The number of hydrogen-bond acceptors (Lipinski definition) is 2. The van der Waals surface area contributed by atoms with Gasteiger partial charge in [-0.2, -0.15) is 22.0 Å². The smallest absolute Gasteiger partial charge is 0.358 e. The first-order valence-corrected chi connectivity index (χ1v) is 7.91. The van der Waals surface area contributed by atoms with E-state index in [1.165, 1.54) is 6.07 Å². The van der Waals surface area contributed by atoms with Crippen LogP contribution in [0.2, 0.25) is 0 Å². The molecule has 1 aromatic rings. The van der Waals surface area contributed by atoms with E-state index < -0.39 is 17.7 Å². The Hall–Kier alpha value is -1.48. The first kappa shape index (κ1) is 18.9. The van der Waals surface area contributed by atoms with Gasteiger partial charge in [0.1, 0.15) is 0 Å². The van der Waals surface area contributed by atoms with Gasteiger partial charge in [0.25, 0.3) is 0 Å². The van der Waals surface area contributed by atoms with Gasteiger partial charge in [0, 0.05) is 17.8 Å². The number of anilines is 1. The Morgan fingerprint density at radius 2 is 1.71 bits per heavy atom. The minimum absolute atomic E-state index is 0.0252. The molecule has 9 heteroatoms. The Balaban J connectivity index is 2.14. The molecule has 0 spiro atoms. The first-order valence-electron chi connectivity index (χ1n) is 7.50. The predicted molar refractivity (Wildman–Crippen MR) is 86.0 cm³/mol. The molecule has 1 aromatic carbocycles. The van der Waals surface area contributed by atoms with Crippen molar-refractivity contribution in [2.75, 3.05) is 5.32 Å². The fraction of sp³-hybridized carbons (Fsp3) is 0.533. The van der Waals surface area contributed by atoms with Crippen molar-refractivity contribution in [1.82, 2.24) is 5.32 Å². The minimum Gasteiger partial charge on any atom is -0.358 e. The van der Waals surface area contributed by atoms with Gasteiger partial charge < -0.3 is 16.4 Å². The van der Waals surface area contributed by atoms with Gasteiger partial charge in [-0.25, -0.2) is 0 Å². The Bertz CT molecular complexity index is 591. The van der Waals surface area contributed by atoms with Gasteiger partial charge in [-0.1, -0.05) is 31.0 Å². The zero-order valence-corrected chi connectivity index (χ0v) is 13.5. The highest BCUT2D eigenvalue weighted by Crippen LogP contribution is 2.46. The third kappa shape index (κ3) is 4.13. The molecule has 0 aromatic heterocycles. The van der Waals surface area contributed by atoms with Gasteiger partial charge in [-0.3, -0.25) is 0 Å². The van der Waals surface area contributed by atoms with Gasteiger partial charge in [0.15, 0.2) is 5.11 Å². The molecule has 2 atom stereocenters. The number of thiocarbonyl (C=S) groups is 1. The minimum atomic E-state index is -5.69. The van der Waals surface area contributed by atoms with Crippen molar-refractivity contribution in [1.29, 1.82) is 0 Å². The fourth-order valence-corrected chi connectivity index (χ4v) is 2.95. The molecule has 2 rings (SSSR count). The van der Waals surface area contributed by atoms with Crippen molar-refractivity contribution in [3.63, 3.8) is 0 Å². The summed E-state index contributed by atoms with van der Waals surface area (Å²) >= 11 is 5.04. The summed E-state index contributed by atoms with van der Waals surface area (Å²) in [6.07, 6.45) is -2.16. The molecule has 0 saturated heterocycles. The normalized spacial score (nSPS) is 22.1. The van der Waals surface area contributed by atoms with Gasteiger partial charge in [-0.05, 0) is 31.1 Å². The molecular weight excluding hydrogens is 349 g/mol. The molecule has 4 N–H and O–H groups in total. The average Bonchev–Trinajstić information content (AvgIpc) is 2.49. The molecule has 1 saturated carbocycles. The van der Waals surface area contributed by atoms with Gasteiger partial charge in [-0.15, -0.1) is 0 Å². The van der Waals surface area contributed by atoms with E-state index in [1.807, 2.05) is 0 Å². The van der Waals surface area contributed by atoms with Crippen LogP contribution in [0.15, 0.2) is 24.3 Å². The quantitative estimate of drug-likeness (QED) is 0.560. The summed E-state index contributed by atoms with van der Waals surface area (Å²) in [6.45, 7) is 0. The van der Waals surface area contributed by atoms with Crippen LogP contribution in [0.5, 0.6) is 0 Å². The van der Waals surface area contributed by atoms with Crippen molar-refractivity contribution in [2.24, 2.45) is 5.73 Å². The van der Waals surface area contributed by atoms with Gasteiger partial charge in [0.05, 0.1) is 5.56 Å². The van der Waals surface area contributed by atoms with Gasteiger partial charge >= 0.3 is 12.1 Å². The van der Waals surface area contributed by atoms with Crippen LogP contribution < -0.4 is 16.4 Å². The number of benzene rings is 1. The predicted octanol–water partition coefficient (Wildman–Crippen LogP) is 3.90. The molecule has 24 heavy (non-hydrogen) atoms. The molecule has 0 heterocycles. The lowest BCUT2D eigenvalue weighted by molar-refractivity contribution is -0.289. The van der Waals surface area contributed by atoms with Crippen LogP contribution in [-0.4, -0.2) is 23.4 Å². The molecule has 134 valence electrons. The number of nitrogens with one attached hydrogen (secondary N) is 2. The van der Waals surface area contributed by atoms with Crippen molar-refractivity contribution in [2.45, 2.75) is 49.9 Å². The fourth-order valence-electron chi connectivity index (χ4n) is 2.68. The SMILES string of the molecule is N[C@@H]1CCCC[C@H]1NC(=S)Nc1ccccc1C(F)(F)C(F)(F)F. The van der Waals surface area contributed by atoms with E-state index in [1.54, 1.807) is 0 Å². The summed E-state index contributed by atoms with van der Waals surface area (Å²) in [6, 6.07) is 4.06. The van der Waals surface area contributed by atoms with E-state index in [-0.39, 0.29) is 22.9 Å². The summed E-state index contributed by atoms with van der Waals surface area (Å²) in [4.78, 5) is 0. The second-order valence-electron chi connectivity index (χ2n) is 5.77. The molecule has 0 radical (unpaired) electrons. The van der Waals surface area contributed by atoms with E-state index in [9.17, 15) is 22.0 Å². The van der Waals surface area contributed by atoms with Crippen LogP contribution in [0.4, 0.5) is 27.6 Å². The number of alkyl halides is 5. The van der Waals surface area contributed by atoms with Crippen LogP contribution in [0.3, 0.4) is 0 Å². The van der Waals surface area contributed by atoms with Crippen LogP contribution in [-0.2, 0) is 5.92 Å². The lowest BCUT2D eigenvalue weighted by Crippen LogP contribution is -2.50. The first-order chi connectivity index (χ1) is 11.1. The highest BCUT2D eigenvalue weighted by atomic mass is 32.1. The Labute approximate surface area is 141 Å². The Morgan fingerprint density at radius 3 is 2.33 bits per heavy atom. The summed E-state index contributed by atoms with van der Waals surface area (Å²) < 4.78 is 65.1. The van der Waals surface area contributed by atoms with Crippen LogP contribution in [0.1, 0.15) is 31.2 Å². The number of rotatable bonds is 3. The standard InChI is InChI=1S/C15H18F5N3S/c16-14(17,15(18,19)20)9-5-1-3-7-11(9)22-13(24)23-12-8-4-2-6-10(12)21/h1,3,5,7,10,12H,2,4,6,8,21H2,(H2,22,23,24)/t10-,12-/m1/s1. The van der Waals surface area contributed by atoms with E-state index in [4.69, 9.17) is 18.0 Å². The summed E-state index contributed by atoms with van der Waals surface area (Å²) in [5.74, 6) is -4.98. The van der Waals surface area contributed by atoms with Gasteiger partial charge in [0.2, 0.25) is 0 Å². The number of halogens is 5. The van der Waals surface area contributed by atoms with E-state index >= 15 is 0 Å². The summed E-state index contributed by atoms with van der Waals surface area (Å²) in [5, 5.41) is 5.32. The summed E-state index contributed by atoms with van der Waals surface area (Å²) in [5.41, 5.74) is 4.40. The number of para-hydroxylation sites is 1. The Morgan fingerprint density at radius 1 is 1.08 bits per heavy atom. The van der Waals surface area contributed by atoms with Crippen molar-refractivity contribution in [3.05, 3.63) is 29.8 Å². The van der Waals surface area contributed by atoms with Crippen LogP contribution in [0, 0.1) is 0 Å². The maximum absolute atomic E-state index is 13.6. The molecule has 0 unspecified atom stereocenters. The van der Waals surface area contributed by atoms with E-state index in [0.717, 1.165) is 43.9 Å². The second kappa shape index (κ2) is 7.18. The third-order valence-electron chi connectivity index (χ3n) is 4.01. The van der Waals surface area contributed by atoms with E-state index in [0.29, 0.717) is 0 Å². The maximum Gasteiger partial charge on any atom is 0.458 e.